The van der Waals surface area contributed by atoms with Gasteiger partial charge in [0.1, 0.15) is 0 Å². The van der Waals surface area contributed by atoms with Gasteiger partial charge in [-0.25, -0.2) is 0 Å². The summed E-state index contributed by atoms with van der Waals surface area (Å²) in [6.07, 6.45) is 2.75. The second-order valence-corrected chi connectivity index (χ2v) is 5.38. The third-order valence-electron chi connectivity index (χ3n) is 4.03. The summed E-state index contributed by atoms with van der Waals surface area (Å²) in [5, 5.41) is 3.45. The molecule has 2 nitrogen and oxygen atoms in total. The Balaban J connectivity index is 0.000000810. The van der Waals surface area contributed by atoms with Gasteiger partial charge in [-0.05, 0) is 36.9 Å². The van der Waals surface area contributed by atoms with E-state index in [9.17, 15) is 0 Å². The summed E-state index contributed by atoms with van der Waals surface area (Å²) in [5.74, 6) is 0. The van der Waals surface area contributed by atoms with Crippen molar-refractivity contribution in [2.45, 2.75) is 19.4 Å². The zero-order valence-electron chi connectivity index (χ0n) is 10.6. The molecule has 102 valence electrons. The van der Waals surface area contributed by atoms with Crippen molar-refractivity contribution in [2.24, 2.45) is 5.41 Å². The van der Waals surface area contributed by atoms with Crippen LogP contribution in [0.4, 0.5) is 0 Å². The average Bonchev–Trinajstić information content (AvgIpc) is 2.30. The maximum absolute atomic E-state index is 3.45. The first-order chi connectivity index (χ1) is 7.86. The highest BCUT2D eigenvalue weighted by molar-refractivity contribution is 5.85. The molecule has 1 aromatic rings. The summed E-state index contributed by atoms with van der Waals surface area (Å²) < 4.78 is 0. The number of hydrogen-bond acceptors (Lipinski definition) is 2. The fraction of sp³-hybridized carbons (Fsp3) is 0.571. The molecular weight excluding hydrogens is 267 g/mol. The van der Waals surface area contributed by atoms with Gasteiger partial charge in [-0.1, -0.05) is 30.3 Å². The van der Waals surface area contributed by atoms with E-state index < -0.39 is 0 Å². The third kappa shape index (κ3) is 3.39. The van der Waals surface area contributed by atoms with Crippen molar-refractivity contribution >= 4 is 24.8 Å². The lowest BCUT2D eigenvalue weighted by molar-refractivity contribution is -0.0282. The van der Waals surface area contributed by atoms with Gasteiger partial charge in [-0.15, -0.1) is 24.8 Å². The highest BCUT2D eigenvalue weighted by Crippen LogP contribution is 2.39. The first-order valence-corrected chi connectivity index (χ1v) is 6.33. The minimum Gasteiger partial charge on any atom is -0.317 e. The van der Waals surface area contributed by atoms with E-state index in [2.05, 4.69) is 40.5 Å². The van der Waals surface area contributed by atoms with Crippen LogP contribution in [-0.2, 0) is 6.54 Å². The SMILES string of the molecule is Cl.Cl.c1ccc(CN2CC3(CCNCC3)C2)cc1. The van der Waals surface area contributed by atoms with Crippen molar-refractivity contribution in [1.29, 1.82) is 0 Å². The Morgan fingerprint density at radius 1 is 1.00 bits per heavy atom. The zero-order valence-corrected chi connectivity index (χ0v) is 12.2. The summed E-state index contributed by atoms with van der Waals surface area (Å²) in [5.41, 5.74) is 2.12. The number of rotatable bonds is 2. The maximum atomic E-state index is 3.45. The lowest BCUT2D eigenvalue weighted by Crippen LogP contribution is -2.59. The summed E-state index contributed by atoms with van der Waals surface area (Å²) in [4.78, 5) is 2.58. The van der Waals surface area contributed by atoms with Gasteiger partial charge >= 0.3 is 0 Å². The molecule has 2 aliphatic rings. The number of hydrogen-bond donors (Lipinski definition) is 1. The van der Waals surface area contributed by atoms with E-state index in [0.29, 0.717) is 5.41 Å². The Bertz CT molecular complexity index is 342. The largest absolute Gasteiger partial charge is 0.317 e. The van der Waals surface area contributed by atoms with Crippen molar-refractivity contribution in [1.82, 2.24) is 10.2 Å². The van der Waals surface area contributed by atoms with Crippen molar-refractivity contribution in [3.05, 3.63) is 35.9 Å². The average molecular weight is 289 g/mol. The van der Waals surface area contributed by atoms with Crippen LogP contribution in [0, 0.1) is 5.41 Å². The van der Waals surface area contributed by atoms with Crippen LogP contribution in [0.5, 0.6) is 0 Å². The number of halogens is 2. The summed E-state index contributed by atoms with van der Waals surface area (Å²) in [6.45, 7) is 6.20. The van der Waals surface area contributed by atoms with Crippen LogP contribution in [0.2, 0.25) is 0 Å². The molecule has 2 heterocycles. The lowest BCUT2D eigenvalue weighted by Gasteiger charge is -2.52. The minimum atomic E-state index is 0. The van der Waals surface area contributed by atoms with E-state index in [1.807, 2.05) is 0 Å². The van der Waals surface area contributed by atoms with Gasteiger partial charge < -0.3 is 5.32 Å². The fourth-order valence-electron chi connectivity index (χ4n) is 3.13. The third-order valence-corrected chi connectivity index (χ3v) is 4.03. The number of piperidine rings is 1. The van der Waals surface area contributed by atoms with Crippen molar-refractivity contribution in [3.63, 3.8) is 0 Å². The Kier molecular flexibility index (Phi) is 5.93. The number of nitrogens with zero attached hydrogens (tertiary/aromatic N) is 1. The molecule has 0 amide bonds. The van der Waals surface area contributed by atoms with Gasteiger partial charge in [0, 0.05) is 19.6 Å². The topological polar surface area (TPSA) is 15.3 Å². The van der Waals surface area contributed by atoms with Crippen LogP contribution < -0.4 is 5.32 Å². The molecular formula is C14H22Cl2N2. The highest BCUT2D eigenvalue weighted by Gasteiger charge is 2.42. The number of likely N-dealkylation sites (tertiary alicyclic amines) is 1. The van der Waals surface area contributed by atoms with E-state index in [1.165, 1.54) is 44.6 Å². The second kappa shape index (κ2) is 6.76. The molecule has 0 unspecified atom stereocenters. The molecule has 0 aliphatic carbocycles. The Morgan fingerprint density at radius 2 is 1.61 bits per heavy atom. The van der Waals surface area contributed by atoms with Crippen molar-refractivity contribution in [2.75, 3.05) is 26.2 Å². The van der Waals surface area contributed by atoms with Gasteiger partial charge in [0.05, 0.1) is 0 Å². The van der Waals surface area contributed by atoms with Crippen molar-refractivity contribution in [3.8, 4) is 0 Å². The quantitative estimate of drug-likeness (QED) is 0.900. The monoisotopic (exact) mass is 288 g/mol. The number of benzene rings is 1. The van der Waals surface area contributed by atoms with Crippen molar-refractivity contribution < 1.29 is 0 Å². The first-order valence-electron chi connectivity index (χ1n) is 6.33. The summed E-state index contributed by atoms with van der Waals surface area (Å²) >= 11 is 0. The molecule has 0 saturated carbocycles. The predicted molar refractivity (Wildman–Crippen MR) is 80.8 cm³/mol. The Morgan fingerprint density at radius 3 is 2.22 bits per heavy atom. The van der Waals surface area contributed by atoms with Crippen LogP contribution in [0.25, 0.3) is 0 Å². The highest BCUT2D eigenvalue weighted by atomic mass is 35.5. The fourth-order valence-corrected chi connectivity index (χ4v) is 3.13. The molecule has 2 fully saturated rings. The molecule has 0 atom stereocenters. The predicted octanol–water partition coefficient (Wildman–Crippen LogP) is 2.72. The second-order valence-electron chi connectivity index (χ2n) is 5.38. The molecule has 1 aromatic carbocycles. The summed E-state index contributed by atoms with van der Waals surface area (Å²) in [6, 6.07) is 10.8. The molecule has 0 aromatic heterocycles. The van der Waals surface area contributed by atoms with Crippen LogP contribution in [0.15, 0.2) is 30.3 Å². The van der Waals surface area contributed by atoms with Gasteiger partial charge in [0.25, 0.3) is 0 Å². The smallest absolute Gasteiger partial charge is 0.0234 e. The van der Waals surface area contributed by atoms with Crippen LogP contribution in [0.1, 0.15) is 18.4 Å². The summed E-state index contributed by atoms with van der Waals surface area (Å²) in [7, 11) is 0. The molecule has 2 saturated heterocycles. The normalized spacial score (nSPS) is 21.6. The van der Waals surface area contributed by atoms with Gasteiger partial charge in [-0.3, -0.25) is 4.90 Å². The molecule has 2 aliphatic heterocycles. The van der Waals surface area contributed by atoms with E-state index >= 15 is 0 Å². The maximum Gasteiger partial charge on any atom is 0.0234 e. The van der Waals surface area contributed by atoms with Crippen LogP contribution >= 0.6 is 24.8 Å². The molecule has 18 heavy (non-hydrogen) atoms. The van der Waals surface area contributed by atoms with E-state index in [1.54, 1.807) is 0 Å². The van der Waals surface area contributed by atoms with E-state index in [-0.39, 0.29) is 24.8 Å². The molecule has 4 heteroatoms. The molecule has 3 rings (SSSR count). The van der Waals surface area contributed by atoms with Crippen LogP contribution in [-0.4, -0.2) is 31.1 Å². The molecule has 1 spiro atoms. The van der Waals surface area contributed by atoms with E-state index in [0.717, 1.165) is 6.54 Å². The standard InChI is InChI=1S/C14H20N2.2ClH/c1-2-4-13(5-3-1)10-16-11-14(12-16)6-8-15-9-7-14;;/h1-5,15H,6-12H2;2*1H. The van der Waals surface area contributed by atoms with Gasteiger partial charge in [-0.2, -0.15) is 0 Å². The molecule has 1 N–H and O–H groups in total. The minimum absolute atomic E-state index is 0. The number of nitrogens with one attached hydrogen (secondary N) is 1. The Hall–Kier alpha value is -0.280. The van der Waals surface area contributed by atoms with Gasteiger partial charge in [0.15, 0.2) is 0 Å². The van der Waals surface area contributed by atoms with Gasteiger partial charge in [0.2, 0.25) is 0 Å². The molecule has 0 bridgehead atoms. The molecule has 0 radical (unpaired) electrons. The van der Waals surface area contributed by atoms with E-state index in [4.69, 9.17) is 0 Å². The zero-order chi connectivity index (χ0) is 10.8. The van der Waals surface area contributed by atoms with Crippen LogP contribution in [0.3, 0.4) is 0 Å². The lowest BCUT2D eigenvalue weighted by atomic mass is 9.72. The Labute approximate surface area is 122 Å². The first kappa shape index (κ1) is 15.8.